The van der Waals surface area contributed by atoms with Crippen LogP contribution in [0.1, 0.15) is 53.5 Å². The standard InChI is InChI=1S/C26H30N4O5S/c1-3-29(19-6-4-5-17(13-19)24(27)32)23(31)15-30-20-11-12-36-22(20)14-21(30)25(33)28-18-9-7-16(8-10-18)26(34)35-2/h4-6,11-14,16,18H,3,7-10,15H2,1-2H3,(H2,27,32)(H,28,33)/t16-,18-. The van der Waals surface area contributed by atoms with Gasteiger partial charge in [0.25, 0.3) is 5.91 Å². The number of amides is 3. The van der Waals surface area contributed by atoms with Crippen molar-refractivity contribution in [2.45, 2.75) is 45.2 Å². The molecular formula is C26H30N4O5S. The van der Waals surface area contributed by atoms with Gasteiger partial charge in [-0.25, -0.2) is 0 Å². The van der Waals surface area contributed by atoms with E-state index in [2.05, 4.69) is 5.32 Å². The molecule has 0 unspecified atom stereocenters. The molecule has 1 aromatic carbocycles. The van der Waals surface area contributed by atoms with Crippen LogP contribution in [0.2, 0.25) is 0 Å². The smallest absolute Gasteiger partial charge is 0.308 e. The average Bonchev–Trinajstić information content (AvgIpc) is 3.47. The molecule has 0 spiro atoms. The number of likely N-dealkylation sites (N-methyl/N-ethyl adjacent to an activating group) is 1. The van der Waals surface area contributed by atoms with Gasteiger partial charge < -0.3 is 25.3 Å². The third-order valence-electron chi connectivity index (χ3n) is 6.71. The SMILES string of the molecule is CCN(C(=O)Cn1c(C(=O)N[C@H]2CC[C@H](C(=O)OC)CC2)cc2sccc21)c1cccc(C(N)=O)c1. The number of methoxy groups -OCH3 is 1. The second-order valence-electron chi connectivity index (χ2n) is 8.88. The molecule has 1 fully saturated rings. The average molecular weight is 511 g/mol. The van der Waals surface area contributed by atoms with Crippen molar-refractivity contribution in [2.24, 2.45) is 11.7 Å². The zero-order chi connectivity index (χ0) is 25.8. The highest BCUT2D eigenvalue weighted by Crippen LogP contribution is 2.28. The number of primary amides is 1. The quantitative estimate of drug-likeness (QED) is 0.450. The maximum absolute atomic E-state index is 13.4. The molecule has 0 radical (unpaired) electrons. The van der Waals surface area contributed by atoms with Crippen LogP contribution in [0.5, 0.6) is 0 Å². The number of nitrogens with one attached hydrogen (secondary N) is 1. The summed E-state index contributed by atoms with van der Waals surface area (Å²) in [6.07, 6.45) is 2.72. The molecule has 9 nitrogen and oxygen atoms in total. The zero-order valence-electron chi connectivity index (χ0n) is 20.4. The number of ether oxygens (including phenoxy) is 1. The van der Waals surface area contributed by atoms with Crippen LogP contribution in [0.15, 0.2) is 41.8 Å². The van der Waals surface area contributed by atoms with Gasteiger partial charge >= 0.3 is 5.97 Å². The summed E-state index contributed by atoms with van der Waals surface area (Å²) in [5.41, 5.74) is 7.53. The topological polar surface area (TPSA) is 124 Å². The number of aromatic nitrogens is 1. The first kappa shape index (κ1) is 25.4. The molecule has 0 bridgehead atoms. The number of carbonyl (C=O) groups is 4. The summed E-state index contributed by atoms with van der Waals surface area (Å²) in [6, 6.07) is 10.3. The van der Waals surface area contributed by atoms with Crippen LogP contribution >= 0.6 is 11.3 Å². The Bertz CT molecular complexity index is 1290. The molecule has 190 valence electrons. The van der Waals surface area contributed by atoms with E-state index in [1.807, 2.05) is 24.4 Å². The third kappa shape index (κ3) is 5.28. The fourth-order valence-corrected chi connectivity index (χ4v) is 5.61. The molecule has 3 amide bonds. The molecule has 1 aliphatic carbocycles. The second-order valence-corrected chi connectivity index (χ2v) is 9.83. The van der Waals surface area contributed by atoms with Crippen molar-refractivity contribution in [1.82, 2.24) is 9.88 Å². The van der Waals surface area contributed by atoms with Crippen molar-refractivity contribution in [3.8, 4) is 0 Å². The number of nitrogens with zero attached hydrogens (tertiary/aromatic N) is 2. The van der Waals surface area contributed by atoms with Gasteiger partial charge in [-0.1, -0.05) is 6.07 Å². The fraction of sp³-hybridized carbons (Fsp3) is 0.385. The lowest BCUT2D eigenvalue weighted by Gasteiger charge is -2.27. The number of thiophene rings is 1. The maximum atomic E-state index is 13.4. The summed E-state index contributed by atoms with van der Waals surface area (Å²) >= 11 is 1.51. The maximum Gasteiger partial charge on any atom is 0.308 e. The molecule has 3 N–H and O–H groups in total. The normalized spacial score (nSPS) is 17.5. The van der Waals surface area contributed by atoms with Gasteiger partial charge in [-0.3, -0.25) is 19.2 Å². The minimum Gasteiger partial charge on any atom is -0.469 e. The Balaban J connectivity index is 1.52. The molecule has 4 rings (SSSR count). The second kappa shape index (κ2) is 10.9. The largest absolute Gasteiger partial charge is 0.469 e. The molecule has 1 saturated carbocycles. The van der Waals surface area contributed by atoms with Crippen LogP contribution in [-0.2, 0) is 20.9 Å². The van der Waals surface area contributed by atoms with Gasteiger partial charge in [-0.15, -0.1) is 11.3 Å². The summed E-state index contributed by atoms with van der Waals surface area (Å²) in [7, 11) is 1.39. The van der Waals surface area contributed by atoms with Crippen LogP contribution < -0.4 is 16.0 Å². The highest BCUT2D eigenvalue weighted by molar-refractivity contribution is 7.17. The predicted octanol–water partition coefficient (Wildman–Crippen LogP) is 3.32. The van der Waals surface area contributed by atoms with Crippen LogP contribution in [-0.4, -0.2) is 48.0 Å². The summed E-state index contributed by atoms with van der Waals surface area (Å²) in [5, 5.41) is 5.01. The fourth-order valence-electron chi connectivity index (χ4n) is 4.79. The highest BCUT2D eigenvalue weighted by atomic mass is 32.1. The van der Waals surface area contributed by atoms with Gasteiger partial charge in [0.15, 0.2) is 0 Å². The van der Waals surface area contributed by atoms with E-state index in [4.69, 9.17) is 10.5 Å². The number of hydrogen-bond donors (Lipinski definition) is 2. The van der Waals surface area contributed by atoms with Gasteiger partial charge in [-0.2, -0.15) is 0 Å². The zero-order valence-corrected chi connectivity index (χ0v) is 21.2. The van der Waals surface area contributed by atoms with E-state index in [-0.39, 0.29) is 36.3 Å². The molecule has 2 aromatic heterocycles. The lowest BCUT2D eigenvalue weighted by Crippen LogP contribution is -2.40. The number of benzene rings is 1. The first-order valence-electron chi connectivity index (χ1n) is 12.0. The summed E-state index contributed by atoms with van der Waals surface area (Å²) in [6.45, 7) is 2.20. The molecule has 10 heteroatoms. The third-order valence-corrected chi connectivity index (χ3v) is 7.56. The number of fused-ring (bicyclic) bond motifs is 1. The minimum absolute atomic E-state index is 0.0350. The number of hydrogen-bond acceptors (Lipinski definition) is 6. The number of rotatable bonds is 8. The summed E-state index contributed by atoms with van der Waals surface area (Å²) in [4.78, 5) is 51.7. The van der Waals surface area contributed by atoms with E-state index in [1.165, 1.54) is 18.4 Å². The molecule has 36 heavy (non-hydrogen) atoms. The van der Waals surface area contributed by atoms with Crippen molar-refractivity contribution in [3.63, 3.8) is 0 Å². The van der Waals surface area contributed by atoms with E-state index in [1.54, 1.807) is 33.7 Å². The number of esters is 1. The van der Waals surface area contributed by atoms with Gasteiger partial charge in [0, 0.05) is 23.8 Å². The molecule has 2 heterocycles. The molecule has 3 aromatic rings. The van der Waals surface area contributed by atoms with Crippen LogP contribution in [0.25, 0.3) is 10.2 Å². The van der Waals surface area contributed by atoms with Crippen molar-refractivity contribution >= 4 is 50.9 Å². The highest BCUT2D eigenvalue weighted by Gasteiger charge is 2.29. The van der Waals surface area contributed by atoms with Crippen LogP contribution in [0.4, 0.5) is 5.69 Å². The van der Waals surface area contributed by atoms with E-state index in [0.29, 0.717) is 49.2 Å². The van der Waals surface area contributed by atoms with E-state index in [9.17, 15) is 19.2 Å². The Labute approximate surface area is 213 Å². The molecule has 0 atom stereocenters. The predicted molar refractivity (Wildman–Crippen MR) is 138 cm³/mol. The van der Waals surface area contributed by atoms with Gasteiger partial charge in [-0.05, 0) is 68.3 Å². The van der Waals surface area contributed by atoms with Crippen LogP contribution in [0, 0.1) is 5.92 Å². The molecule has 0 aliphatic heterocycles. The van der Waals surface area contributed by atoms with Crippen LogP contribution in [0.3, 0.4) is 0 Å². The first-order chi connectivity index (χ1) is 17.3. The monoisotopic (exact) mass is 510 g/mol. The number of carbonyl (C=O) groups excluding carboxylic acids is 4. The molecule has 0 saturated heterocycles. The van der Waals surface area contributed by atoms with Crippen molar-refractivity contribution < 1.29 is 23.9 Å². The number of anilines is 1. The summed E-state index contributed by atoms with van der Waals surface area (Å²) in [5.74, 6) is -1.34. The van der Waals surface area contributed by atoms with E-state index < -0.39 is 5.91 Å². The molecular weight excluding hydrogens is 480 g/mol. The number of nitrogens with two attached hydrogens (primary N) is 1. The van der Waals surface area contributed by atoms with Crippen molar-refractivity contribution in [1.29, 1.82) is 0 Å². The van der Waals surface area contributed by atoms with E-state index >= 15 is 0 Å². The van der Waals surface area contributed by atoms with Gasteiger partial charge in [0.05, 0.1) is 23.2 Å². The Kier molecular flexibility index (Phi) is 7.73. The molecule has 1 aliphatic rings. The van der Waals surface area contributed by atoms with Gasteiger partial charge in [0.1, 0.15) is 12.2 Å². The minimum atomic E-state index is -0.565. The Hall–Kier alpha value is -3.66. The Morgan fingerprint density at radius 2 is 1.89 bits per heavy atom. The Morgan fingerprint density at radius 1 is 1.14 bits per heavy atom. The van der Waals surface area contributed by atoms with Crippen molar-refractivity contribution in [3.05, 3.63) is 53.0 Å². The van der Waals surface area contributed by atoms with Crippen molar-refractivity contribution in [2.75, 3.05) is 18.6 Å². The van der Waals surface area contributed by atoms with Gasteiger partial charge in [0.2, 0.25) is 11.8 Å². The lowest BCUT2D eigenvalue weighted by molar-refractivity contribution is -0.146. The Morgan fingerprint density at radius 3 is 2.56 bits per heavy atom. The van der Waals surface area contributed by atoms with E-state index in [0.717, 1.165) is 10.2 Å². The lowest BCUT2D eigenvalue weighted by atomic mass is 9.86. The summed E-state index contributed by atoms with van der Waals surface area (Å²) < 4.78 is 7.50. The first-order valence-corrected chi connectivity index (χ1v) is 12.9.